The van der Waals surface area contributed by atoms with E-state index in [1.807, 2.05) is 55.6 Å². The molecule has 2 heterocycles. The third-order valence-electron chi connectivity index (χ3n) is 4.35. The van der Waals surface area contributed by atoms with Gasteiger partial charge in [-0.3, -0.25) is 4.79 Å². The highest BCUT2D eigenvalue weighted by molar-refractivity contribution is 5.95. The number of nitrogens with zero attached hydrogens (tertiary/aromatic N) is 2. The highest BCUT2D eigenvalue weighted by Gasteiger charge is 2.24. The van der Waals surface area contributed by atoms with Gasteiger partial charge in [-0.1, -0.05) is 24.3 Å². The Labute approximate surface area is 145 Å². The van der Waals surface area contributed by atoms with Crippen LogP contribution in [0.15, 0.2) is 48.5 Å². The largest absolute Gasteiger partial charge is 0.366 e. The van der Waals surface area contributed by atoms with Gasteiger partial charge in [0.1, 0.15) is 11.9 Å². The fraction of sp³-hybridized carbons (Fsp3) is 0.263. The molecule has 0 aliphatic carbocycles. The average Bonchev–Trinajstić information content (AvgIpc) is 3.06. The molecule has 4 rings (SSSR count). The van der Waals surface area contributed by atoms with Crippen molar-refractivity contribution in [2.45, 2.75) is 6.10 Å². The molecule has 1 aliphatic rings. The van der Waals surface area contributed by atoms with Gasteiger partial charge >= 0.3 is 0 Å². The van der Waals surface area contributed by atoms with E-state index in [1.54, 1.807) is 0 Å². The molecule has 1 atom stereocenters. The second-order valence-electron chi connectivity index (χ2n) is 6.29. The van der Waals surface area contributed by atoms with E-state index in [9.17, 15) is 4.79 Å². The molecule has 25 heavy (non-hydrogen) atoms. The number of hydrogen-bond acceptors (Lipinski definition) is 4. The summed E-state index contributed by atoms with van der Waals surface area (Å²) in [5, 5.41) is 2.94. The molecule has 6 heteroatoms. The summed E-state index contributed by atoms with van der Waals surface area (Å²) in [6.07, 6.45) is -0.436. The van der Waals surface area contributed by atoms with Gasteiger partial charge in [-0.25, -0.2) is 4.98 Å². The number of likely N-dealkylation sites (N-methyl/N-ethyl adjacent to an activating group) is 1. The number of amides is 1. The standard InChI is InChI=1S/C19H20N4O2/c1-23-9-10-25-17(12-23)19(24)20-14-6-4-5-13(11-14)18-21-15-7-2-3-8-16(15)22-18/h2-8,11,17H,9-10,12H2,1H3,(H,20,24)(H,21,22)/t17-/m1/s1. The molecule has 1 aromatic heterocycles. The van der Waals surface area contributed by atoms with Gasteiger partial charge in [0.2, 0.25) is 0 Å². The van der Waals surface area contributed by atoms with Crippen LogP contribution in [0.25, 0.3) is 22.4 Å². The summed E-state index contributed by atoms with van der Waals surface area (Å²) in [7, 11) is 1.99. The van der Waals surface area contributed by atoms with Crippen molar-refractivity contribution in [2.24, 2.45) is 0 Å². The van der Waals surface area contributed by atoms with Gasteiger partial charge in [-0.15, -0.1) is 0 Å². The Kier molecular flexibility index (Phi) is 4.21. The van der Waals surface area contributed by atoms with Crippen LogP contribution in [0.4, 0.5) is 5.69 Å². The maximum atomic E-state index is 12.4. The predicted molar refractivity (Wildman–Crippen MR) is 97.4 cm³/mol. The molecule has 0 saturated carbocycles. The number of hydrogen-bond donors (Lipinski definition) is 2. The van der Waals surface area contributed by atoms with Crippen LogP contribution in [0.3, 0.4) is 0 Å². The topological polar surface area (TPSA) is 70.2 Å². The first kappa shape index (κ1) is 15.8. The Morgan fingerprint density at radius 1 is 1.28 bits per heavy atom. The number of carbonyl (C=O) groups excluding carboxylic acids is 1. The summed E-state index contributed by atoms with van der Waals surface area (Å²) in [4.78, 5) is 22.4. The summed E-state index contributed by atoms with van der Waals surface area (Å²) in [6.45, 7) is 2.04. The van der Waals surface area contributed by atoms with Crippen LogP contribution in [-0.4, -0.2) is 53.6 Å². The molecule has 2 aromatic carbocycles. The Hall–Kier alpha value is -2.70. The fourth-order valence-electron chi connectivity index (χ4n) is 2.99. The van der Waals surface area contributed by atoms with Crippen molar-refractivity contribution in [2.75, 3.05) is 32.1 Å². The molecule has 1 aliphatic heterocycles. The molecule has 0 bridgehead atoms. The van der Waals surface area contributed by atoms with Gasteiger partial charge in [-0.2, -0.15) is 0 Å². The van der Waals surface area contributed by atoms with Crippen molar-refractivity contribution in [1.82, 2.24) is 14.9 Å². The number of anilines is 1. The minimum atomic E-state index is -0.436. The number of morpholine rings is 1. The average molecular weight is 336 g/mol. The zero-order chi connectivity index (χ0) is 17.2. The first-order valence-electron chi connectivity index (χ1n) is 8.35. The molecular formula is C19H20N4O2. The normalized spacial score (nSPS) is 18.4. The van der Waals surface area contributed by atoms with Crippen LogP contribution in [-0.2, 0) is 9.53 Å². The highest BCUT2D eigenvalue weighted by Crippen LogP contribution is 2.23. The van der Waals surface area contributed by atoms with Crippen LogP contribution >= 0.6 is 0 Å². The molecule has 0 spiro atoms. The molecule has 1 amide bonds. The fourth-order valence-corrected chi connectivity index (χ4v) is 2.99. The number of benzene rings is 2. The second kappa shape index (κ2) is 6.66. The lowest BCUT2D eigenvalue weighted by molar-refractivity contribution is -0.132. The third kappa shape index (κ3) is 3.40. The van der Waals surface area contributed by atoms with E-state index in [2.05, 4.69) is 20.2 Å². The van der Waals surface area contributed by atoms with Crippen molar-refractivity contribution in [1.29, 1.82) is 0 Å². The van der Waals surface area contributed by atoms with Crippen LogP contribution in [0.5, 0.6) is 0 Å². The number of ether oxygens (including phenoxy) is 1. The number of H-pyrrole nitrogens is 1. The van der Waals surface area contributed by atoms with E-state index in [-0.39, 0.29) is 5.91 Å². The molecule has 1 fully saturated rings. The van der Waals surface area contributed by atoms with E-state index in [1.165, 1.54) is 0 Å². The third-order valence-corrected chi connectivity index (χ3v) is 4.35. The van der Waals surface area contributed by atoms with Gasteiger partial charge < -0.3 is 19.9 Å². The molecule has 0 unspecified atom stereocenters. The molecule has 1 saturated heterocycles. The first-order valence-corrected chi connectivity index (χ1v) is 8.35. The number of nitrogens with one attached hydrogen (secondary N) is 2. The summed E-state index contributed by atoms with van der Waals surface area (Å²) < 4.78 is 5.56. The summed E-state index contributed by atoms with van der Waals surface area (Å²) in [6, 6.07) is 15.6. The van der Waals surface area contributed by atoms with Crippen molar-refractivity contribution >= 4 is 22.6 Å². The quantitative estimate of drug-likeness (QED) is 0.771. The molecule has 6 nitrogen and oxygen atoms in total. The maximum Gasteiger partial charge on any atom is 0.254 e. The van der Waals surface area contributed by atoms with E-state index in [4.69, 9.17) is 4.74 Å². The van der Waals surface area contributed by atoms with Crippen LogP contribution < -0.4 is 5.32 Å². The number of imidazole rings is 1. The minimum Gasteiger partial charge on any atom is -0.366 e. The lowest BCUT2D eigenvalue weighted by Crippen LogP contribution is -2.46. The van der Waals surface area contributed by atoms with Gasteiger partial charge in [0.15, 0.2) is 0 Å². The molecule has 3 aromatic rings. The van der Waals surface area contributed by atoms with E-state index in [0.717, 1.165) is 34.7 Å². The van der Waals surface area contributed by atoms with Crippen molar-refractivity contribution in [3.8, 4) is 11.4 Å². The summed E-state index contributed by atoms with van der Waals surface area (Å²) >= 11 is 0. The number of rotatable bonds is 3. The number of fused-ring (bicyclic) bond motifs is 1. The number of aromatic nitrogens is 2. The Balaban J connectivity index is 1.54. The van der Waals surface area contributed by atoms with E-state index < -0.39 is 6.10 Å². The highest BCUT2D eigenvalue weighted by atomic mass is 16.5. The van der Waals surface area contributed by atoms with Gasteiger partial charge in [0.25, 0.3) is 5.91 Å². The lowest BCUT2D eigenvalue weighted by Gasteiger charge is -2.29. The van der Waals surface area contributed by atoms with Crippen LogP contribution in [0.1, 0.15) is 0 Å². The predicted octanol–water partition coefficient (Wildman–Crippen LogP) is 2.50. The van der Waals surface area contributed by atoms with Gasteiger partial charge in [-0.05, 0) is 31.3 Å². The van der Waals surface area contributed by atoms with Crippen molar-refractivity contribution in [3.05, 3.63) is 48.5 Å². The van der Waals surface area contributed by atoms with Crippen molar-refractivity contribution < 1.29 is 9.53 Å². The number of aromatic amines is 1. The summed E-state index contributed by atoms with van der Waals surface area (Å²) in [5.74, 6) is 0.666. The van der Waals surface area contributed by atoms with E-state index in [0.29, 0.717) is 13.2 Å². The lowest BCUT2D eigenvalue weighted by atomic mass is 10.2. The van der Waals surface area contributed by atoms with Crippen molar-refractivity contribution in [3.63, 3.8) is 0 Å². The van der Waals surface area contributed by atoms with Crippen LogP contribution in [0.2, 0.25) is 0 Å². The number of para-hydroxylation sites is 2. The Bertz CT molecular complexity index is 872. The molecule has 0 radical (unpaired) electrons. The Morgan fingerprint density at radius 3 is 3.00 bits per heavy atom. The summed E-state index contributed by atoms with van der Waals surface area (Å²) in [5.41, 5.74) is 3.58. The molecule has 2 N–H and O–H groups in total. The van der Waals surface area contributed by atoms with E-state index >= 15 is 0 Å². The monoisotopic (exact) mass is 336 g/mol. The first-order chi connectivity index (χ1) is 12.2. The minimum absolute atomic E-state index is 0.117. The SMILES string of the molecule is CN1CCO[C@@H](C(=O)Nc2cccc(-c3nc4ccccc4[nH]3)c2)C1. The zero-order valence-electron chi connectivity index (χ0n) is 14.0. The second-order valence-corrected chi connectivity index (χ2v) is 6.29. The number of carbonyl (C=O) groups is 1. The molecule has 128 valence electrons. The van der Waals surface area contributed by atoms with Crippen LogP contribution in [0, 0.1) is 0 Å². The maximum absolute atomic E-state index is 12.4. The van der Waals surface area contributed by atoms with Gasteiger partial charge in [0, 0.05) is 24.3 Å². The Morgan fingerprint density at radius 2 is 2.16 bits per heavy atom. The van der Waals surface area contributed by atoms with Gasteiger partial charge in [0.05, 0.1) is 17.6 Å². The zero-order valence-corrected chi connectivity index (χ0v) is 14.0. The molecular weight excluding hydrogens is 316 g/mol. The smallest absolute Gasteiger partial charge is 0.254 e.